The molecular formula is C22H20F2N2S. The summed E-state index contributed by atoms with van der Waals surface area (Å²) in [6, 6.07) is 13.1. The minimum atomic E-state index is -0.239. The zero-order valence-electron chi connectivity index (χ0n) is 15.0. The fourth-order valence-corrected chi connectivity index (χ4v) is 4.04. The summed E-state index contributed by atoms with van der Waals surface area (Å²) in [6.07, 6.45) is 7.06. The molecule has 2 aliphatic rings. The van der Waals surface area contributed by atoms with Gasteiger partial charge in [-0.1, -0.05) is 36.0 Å². The Morgan fingerprint density at radius 2 is 1.67 bits per heavy atom. The van der Waals surface area contributed by atoms with Gasteiger partial charge in [0.2, 0.25) is 0 Å². The molecule has 4 rings (SSSR count). The van der Waals surface area contributed by atoms with Crippen LogP contribution in [0.3, 0.4) is 0 Å². The molecule has 5 heteroatoms. The van der Waals surface area contributed by atoms with Crippen LogP contribution in [-0.2, 0) is 0 Å². The fourth-order valence-electron chi connectivity index (χ4n) is 3.62. The minimum Gasteiger partial charge on any atom is -0.335 e. The highest BCUT2D eigenvalue weighted by Gasteiger charge is 2.29. The number of amidine groups is 1. The number of hydrogen-bond acceptors (Lipinski definition) is 3. The van der Waals surface area contributed by atoms with Crippen molar-refractivity contribution < 1.29 is 8.78 Å². The normalized spacial score (nSPS) is 20.9. The van der Waals surface area contributed by atoms with Crippen LogP contribution in [-0.4, -0.2) is 11.4 Å². The summed E-state index contributed by atoms with van der Waals surface area (Å²) in [6.45, 7) is 0. The monoisotopic (exact) mass is 382 g/mol. The van der Waals surface area contributed by atoms with Gasteiger partial charge in [0, 0.05) is 5.70 Å². The molecule has 1 heterocycles. The van der Waals surface area contributed by atoms with Crippen molar-refractivity contribution in [1.82, 2.24) is 5.32 Å². The Morgan fingerprint density at radius 3 is 2.33 bits per heavy atom. The standard InChI is InChI=1S/C22H20F2N2S/c1-27-22-25-20(15-7-11-18(24)12-8-15)19-4-2-3-16(21(19)26-22)13-14-5-9-17(23)10-6-14/h5-13,20H,2-4H2,1H3,(H,25,26)/b16-13+/t20-/m0/s1. The van der Waals surface area contributed by atoms with Gasteiger partial charge < -0.3 is 5.32 Å². The second-order valence-electron chi connectivity index (χ2n) is 6.69. The van der Waals surface area contributed by atoms with E-state index in [0.717, 1.165) is 41.3 Å². The minimum absolute atomic E-state index is 0.0961. The van der Waals surface area contributed by atoms with Crippen molar-refractivity contribution in [3.05, 3.63) is 88.1 Å². The van der Waals surface area contributed by atoms with E-state index >= 15 is 0 Å². The lowest BCUT2D eigenvalue weighted by atomic mass is 9.84. The first kappa shape index (κ1) is 18.0. The molecule has 2 aromatic carbocycles. The van der Waals surface area contributed by atoms with Crippen LogP contribution in [0.15, 0.2) is 70.4 Å². The molecule has 0 radical (unpaired) electrons. The lowest BCUT2D eigenvalue weighted by Gasteiger charge is -2.32. The molecule has 2 nitrogen and oxygen atoms in total. The third kappa shape index (κ3) is 3.83. The number of nitrogens with one attached hydrogen (secondary N) is 1. The molecule has 1 N–H and O–H groups in total. The molecule has 1 aliphatic carbocycles. The van der Waals surface area contributed by atoms with Crippen LogP contribution in [0, 0.1) is 11.6 Å². The summed E-state index contributed by atoms with van der Waals surface area (Å²) in [5, 5.41) is 4.33. The molecule has 0 aromatic heterocycles. The molecule has 0 unspecified atom stereocenters. The molecule has 0 fully saturated rings. The highest BCUT2D eigenvalue weighted by Crippen LogP contribution is 2.41. The van der Waals surface area contributed by atoms with Crippen LogP contribution in [0.5, 0.6) is 0 Å². The first-order chi connectivity index (χ1) is 13.1. The lowest BCUT2D eigenvalue weighted by molar-refractivity contribution is 0.623. The van der Waals surface area contributed by atoms with Gasteiger partial charge in [-0.15, -0.1) is 0 Å². The van der Waals surface area contributed by atoms with Crippen LogP contribution in [0.2, 0.25) is 0 Å². The van der Waals surface area contributed by atoms with Crippen molar-refractivity contribution in [2.75, 3.05) is 6.26 Å². The van der Waals surface area contributed by atoms with Crippen molar-refractivity contribution in [1.29, 1.82) is 0 Å². The average Bonchev–Trinajstić information content (AvgIpc) is 2.70. The van der Waals surface area contributed by atoms with Crippen molar-refractivity contribution in [3.8, 4) is 0 Å². The predicted octanol–water partition coefficient (Wildman–Crippen LogP) is 5.85. The summed E-state index contributed by atoms with van der Waals surface area (Å²) in [5.41, 5.74) is 5.53. The summed E-state index contributed by atoms with van der Waals surface area (Å²) in [5.74, 6) is -0.471. The van der Waals surface area contributed by atoms with Gasteiger partial charge >= 0.3 is 0 Å². The number of allylic oxidation sites excluding steroid dienone is 1. The Balaban J connectivity index is 1.76. The summed E-state index contributed by atoms with van der Waals surface area (Å²) >= 11 is 1.57. The molecular weight excluding hydrogens is 362 g/mol. The maximum Gasteiger partial charge on any atom is 0.161 e. The Labute approximate surface area is 162 Å². The molecule has 138 valence electrons. The van der Waals surface area contributed by atoms with Gasteiger partial charge in [0.1, 0.15) is 17.7 Å². The fraction of sp³-hybridized carbons (Fsp3) is 0.227. The van der Waals surface area contributed by atoms with E-state index in [1.165, 1.54) is 35.4 Å². The van der Waals surface area contributed by atoms with Crippen LogP contribution in [0.25, 0.3) is 6.08 Å². The average molecular weight is 382 g/mol. The van der Waals surface area contributed by atoms with E-state index < -0.39 is 0 Å². The van der Waals surface area contributed by atoms with Crippen molar-refractivity contribution in [3.63, 3.8) is 0 Å². The molecule has 0 saturated carbocycles. The quantitative estimate of drug-likeness (QED) is 0.705. The van der Waals surface area contributed by atoms with Gasteiger partial charge in [0.25, 0.3) is 0 Å². The Bertz CT molecular complexity index is 928. The topological polar surface area (TPSA) is 24.4 Å². The van der Waals surface area contributed by atoms with E-state index in [2.05, 4.69) is 11.4 Å². The number of aliphatic imine (C=N–C) groups is 1. The largest absolute Gasteiger partial charge is 0.335 e. The van der Waals surface area contributed by atoms with E-state index in [1.807, 2.05) is 18.4 Å². The first-order valence-electron chi connectivity index (χ1n) is 8.98. The number of nitrogens with zero attached hydrogens (tertiary/aromatic N) is 1. The molecule has 1 atom stereocenters. The van der Waals surface area contributed by atoms with Crippen molar-refractivity contribution in [2.24, 2.45) is 4.99 Å². The van der Waals surface area contributed by atoms with Crippen molar-refractivity contribution in [2.45, 2.75) is 25.3 Å². The van der Waals surface area contributed by atoms with Crippen LogP contribution in [0.1, 0.15) is 36.4 Å². The molecule has 1 aliphatic heterocycles. The molecule has 0 amide bonds. The highest BCUT2D eigenvalue weighted by molar-refractivity contribution is 8.13. The smallest absolute Gasteiger partial charge is 0.161 e. The maximum atomic E-state index is 13.4. The number of thioether (sulfide) groups is 1. The Hall–Kier alpha value is -2.40. The first-order valence-corrected chi connectivity index (χ1v) is 10.2. The van der Waals surface area contributed by atoms with Gasteiger partial charge in [-0.25, -0.2) is 13.8 Å². The SMILES string of the molecule is CSC1=N[C@@H](c2ccc(F)cc2)C2=C(N1)/C(=C/c1ccc(F)cc1)CCC2. The second-order valence-corrected chi connectivity index (χ2v) is 7.49. The Kier molecular flexibility index (Phi) is 5.12. The maximum absolute atomic E-state index is 13.4. The van der Waals surface area contributed by atoms with Crippen LogP contribution < -0.4 is 5.32 Å². The molecule has 0 bridgehead atoms. The predicted molar refractivity (Wildman–Crippen MR) is 108 cm³/mol. The summed E-state index contributed by atoms with van der Waals surface area (Å²) < 4.78 is 26.6. The molecule has 27 heavy (non-hydrogen) atoms. The third-order valence-electron chi connectivity index (χ3n) is 4.93. The van der Waals surface area contributed by atoms with E-state index in [0.29, 0.717) is 0 Å². The van der Waals surface area contributed by atoms with Gasteiger partial charge in [-0.3, -0.25) is 0 Å². The number of halogens is 2. The van der Waals surface area contributed by atoms with Gasteiger partial charge in [0.05, 0.1) is 0 Å². The van der Waals surface area contributed by atoms with Gasteiger partial charge in [0.15, 0.2) is 5.17 Å². The summed E-state index contributed by atoms with van der Waals surface area (Å²) in [7, 11) is 0. The third-order valence-corrected chi connectivity index (χ3v) is 5.53. The number of hydrogen-bond donors (Lipinski definition) is 1. The molecule has 2 aromatic rings. The zero-order chi connectivity index (χ0) is 18.8. The van der Waals surface area contributed by atoms with E-state index in [-0.39, 0.29) is 17.7 Å². The van der Waals surface area contributed by atoms with Crippen molar-refractivity contribution >= 4 is 23.0 Å². The summed E-state index contributed by atoms with van der Waals surface area (Å²) in [4.78, 5) is 4.85. The van der Waals surface area contributed by atoms with E-state index in [1.54, 1.807) is 23.9 Å². The lowest BCUT2D eigenvalue weighted by Crippen LogP contribution is -2.30. The van der Waals surface area contributed by atoms with Gasteiger partial charge in [-0.05, 0) is 78.1 Å². The number of rotatable bonds is 2. The molecule has 0 spiro atoms. The van der Waals surface area contributed by atoms with E-state index in [9.17, 15) is 8.78 Å². The van der Waals surface area contributed by atoms with Crippen LogP contribution in [0.4, 0.5) is 8.78 Å². The molecule has 0 saturated heterocycles. The zero-order valence-corrected chi connectivity index (χ0v) is 15.8. The van der Waals surface area contributed by atoms with Gasteiger partial charge in [-0.2, -0.15) is 0 Å². The number of benzene rings is 2. The second kappa shape index (κ2) is 7.69. The van der Waals surface area contributed by atoms with E-state index in [4.69, 9.17) is 4.99 Å². The Morgan fingerprint density at radius 1 is 1.00 bits per heavy atom. The van der Waals surface area contributed by atoms with Crippen LogP contribution >= 0.6 is 11.8 Å². The highest BCUT2D eigenvalue weighted by atomic mass is 32.2.